The van der Waals surface area contributed by atoms with Crippen molar-refractivity contribution < 1.29 is 0 Å². The molecule has 0 saturated heterocycles. The van der Waals surface area contributed by atoms with Gasteiger partial charge >= 0.3 is 0 Å². The Morgan fingerprint density at radius 1 is 1.26 bits per heavy atom. The van der Waals surface area contributed by atoms with Crippen LogP contribution >= 0.6 is 15.9 Å². The lowest BCUT2D eigenvalue weighted by molar-refractivity contribution is 0.472. The summed E-state index contributed by atoms with van der Waals surface area (Å²) < 4.78 is 3.16. The summed E-state index contributed by atoms with van der Waals surface area (Å²) in [6, 6.07) is 0.573. The molecule has 1 N–H and O–H groups in total. The van der Waals surface area contributed by atoms with Gasteiger partial charge in [-0.15, -0.1) is 0 Å². The molecule has 0 amide bonds. The van der Waals surface area contributed by atoms with Crippen LogP contribution in [0.3, 0.4) is 0 Å². The molecule has 1 atom stereocenters. The van der Waals surface area contributed by atoms with Gasteiger partial charge in [0.2, 0.25) is 0 Å². The van der Waals surface area contributed by atoms with Crippen molar-refractivity contribution in [3.8, 4) is 0 Å². The number of unbranched alkanes of at least 4 members (excludes halogenated alkanes) is 3. The van der Waals surface area contributed by atoms with Crippen molar-refractivity contribution in [2.75, 3.05) is 0 Å². The Morgan fingerprint density at radius 3 is 2.58 bits per heavy atom. The van der Waals surface area contributed by atoms with Crippen molar-refractivity contribution in [1.82, 2.24) is 15.1 Å². The van der Waals surface area contributed by atoms with Crippen molar-refractivity contribution in [3.63, 3.8) is 0 Å². The van der Waals surface area contributed by atoms with Crippen LogP contribution in [0.4, 0.5) is 0 Å². The highest BCUT2D eigenvalue weighted by Gasteiger charge is 2.12. The van der Waals surface area contributed by atoms with Crippen molar-refractivity contribution in [2.24, 2.45) is 7.05 Å². The van der Waals surface area contributed by atoms with Crippen LogP contribution in [0.25, 0.3) is 0 Å². The molecule has 1 unspecified atom stereocenters. The number of halogens is 1. The standard InChI is InChI=1S/C15H28BrN3/c1-5-7-8-9-10-12(3)17-11-14-15(16)13(6-2)18-19(14)4/h12,17H,5-11H2,1-4H3. The topological polar surface area (TPSA) is 29.9 Å². The van der Waals surface area contributed by atoms with Gasteiger partial charge in [-0.05, 0) is 35.7 Å². The van der Waals surface area contributed by atoms with Crippen LogP contribution in [0.15, 0.2) is 4.47 Å². The molecular formula is C15H28BrN3. The third-order valence-electron chi connectivity index (χ3n) is 3.61. The molecular weight excluding hydrogens is 302 g/mol. The van der Waals surface area contributed by atoms with Crippen molar-refractivity contribution in [2.45, 2.75) is 71.9 Å². The van der Waals surface area contributed by atoms with Gasteiger partial charge in [0.15, 0.2) is 0 Å². The smallest absolute Gasteiger partial charge is 0.0767 e. The number of nitrogens with zero attached hydrogens (tertiary/aromatic N) is 2. The predicted octanol–water partition coefficient (Wildman–Crippen LogP) is 4.19. The fourth-order valence-electron chi connectivity index (χ4n) is 2.26. The van der Waals surface area contributed by atoms with Gasteiger partial charge in [0.1, 0.15) is 0 Å². The van der Waals surface area contributed by atoms with Crippen LogP contribution in [0, 0.1) is 0 Å². The maximum Gasteiger partial charge on any atom is 0.0767 e. The summed E-state index contributed by atoms with van der Waals surface area (Å²) in [5.41, 5.74) is 2.40. The Balaban J connectivity index is 2.37. The summed E-state index contributed by atoms with van der Waals surface area (Å²) in [5, 5.41) is 8.13. The zero-order valence-corrected chi connectivity index (χ0v) is 14.4. The number of hydrogen-bond donors (Lipinski definition) is 1. The molecule has 19 heavy (non-hydrogen) atoms. The molecule has 0 saturated carbocycles. The number of nitrogens with one attached hydrogen (secondary N) is 1. The fourth-order valence-corrected chi connectivity index (χ4v) is 3.02. The zero-order chi connectivity index (χ0) is 14.3. The summed E-state index contributed by atoms with van der Waals surface area (Å²) in [6.07, 6.45) is 7.59. The Bertz CT molecular complexity index is 374. The molecule has 0 bridgehead atoms. The second kappa shape index (κ2) is 8.75. The molecule has 1 rings (SSSR count). The number of hydrogen-bond acceptors (Lipinski definition) is 2. The average Bonchev–Trinajstić information content (AvgIpc) is 2.67. The first-order chi connectivity index (χ1) is 9.10. The summed E-state index contributed by atoms with van der Waals surface area (Å²) in [4.78, 5) is 0. The Kier molecular flexibility index (Phi) is 7.69. The number of rotatable bonds is 9. The highest BCUT2D eigenvalue weighted by atomic mass is 79.9. The normalized spacial score (nSPS) is 12.9. The average molecular weight is 330 g/mol. The predicted molar refractivity (Wildman–Crippen MR) is 85.3 cm³/mol. The van der Waals surface area contributed by atoms with Crippen LogP contribution in [-0.4, -0.2) is 15.8 Å². The molecule has 1 heterocycles. The van der Waals surface area contributed by atoms with Crippen LogP contribution in [0.2, 0.25) is 0 Å². The molecule has 3 nitrogen and oxygen atoms in total. The van der Waals surface area contributed by atoms with E-state index in [1.165, 1.54) is 42.3 Å². The second-order valence-electron chi connectivity index (χ2n) is 5.32. The van der Waals surface area contributed by atoms with Crippen molar-refractivity contribution >= 4 is 15.9 Å². The van der Waals surface area contributed by atoms with Gasteiger partial charge in [0, 0.05) is 19.6 Å². The summed E-state index contributed by atoms with van der Waals surface area (Å²) in [5.74, 6) is 0. The van der Waals surface area contributed by atoms with Crippen LogP contribution in [0.1, 0.15) is 64.3 Å². The molecule has 0 aliphatic rings. The van der Waals surface area contributed by atoms with E-state index < -0.39 is 0 Å². The van der Waals surface area contributed by atoms with E-state index in [0.29, 0.717) is 6.04 Å². The van der Waals surface area contributed by atoms with Gasteiger partial charge in [-0.3, -0.25) is 4.68 Å². The Morgan fingerprint density at radius 2 is 2.00 bits per heavy atom. The van der Waals surface area contributed by atoms with Gasteiger partial charge in [-0.2, -0.15) is 5.10 Å². The quantitative estimate of drug-likeness (QED) is 0.688. The van der Waals surface area contributed by atoms with E-state index in [1.807, 2.05) is 11.7 Å². The van der Waals surface area contributed by atoms with E-state index in [9.17, 15) is 0 Å². The molecule has 1 aromatic rings. The van der Waals surface area contributed by atoms with E-state index in [4.69, 9.17) is 0 Å². The lowest BCUT2D eigenvalue weighted by Gasteiger charge is -2.14. The van der Waals surface area contributed by atoms with Gasteiger partial charge < -0.3 is 5.32 Å². The Labute approximate surface area is 126 Å². The molecule has 0 aliphatic heterocycles. The minimum Gasteiger partial charge on any atom is -0.309 e. The van der Waals surface area contributed by atoms with Crippen LogP contribution in [-0.2, 0) is 20.0 Å². The summed E-state index contributed by atoms with van der Waals surface area (Å²) >= 11 is 3.66. The maximum atomic E-state index is 4.52. The molecule has 0 aromatic carbocycles. The lowest BCUT2D eigenvalue weighted by Crippen LogP contribution is -2.26. The molecule has 0 radical (unpaired) electrons. The van der Waals surface area contributed by atoms with Gasteiger partial charge in [-0.25, -0.2) is 0 Å². The van der Waals surface area contributed by atoms with E-state index in [2.05, 4.69) is 47.1 Å². The Hall–Kier alpha value is -0.350. The second-order valence-corrected chi connectivity index (χ2v) is 6.11. The molecule has 1 aromatic heterocycles. The molecule has 110 valence electrons. The van der Waals surface area contributed by atoms with Crippen molar-refractivity contribution in [3.05, 3.63) is 15.9 Å². The maximum absolute atomic E-state index is 4.52. The first-order valence-corrected chi connectivity index (χ1v) is 8.33. The van der Waals surface area contributed by atoms with E-state index in [0.717, 1.165) is 18.7 Å². The molecule has 0 aliphatic carbocycles. The first kappa shape index (κ1) is 16.7. The van der Waals surface area contributed by atoms with Crippen LogP contribution < -0.4 is 5.32 Å². The fraction of sp³-hybridized carbons (Fsp3) is 0.800. The number of aryl methyl sites for hydroxylation is 2. The van der Waals surface area contributed by atoms with Gasteiger partial charge in [0.25, 0.3) is 0 Å². The number of aromatic nitrogens is 2. The lowest BCUT2D eigenvalue weighted by atomic mass is 10.1. The molecule has 4 heteroatoms. The van der Waals surface area contributed by atoms with E-state index in [-0.39, 0.29) is 0 Å². The third-order valence-corrected chi connectivity index (χ3v) is 4.53. The van der Waals surface area contributed by atoms with Crippen molar-refractivity contribution in [1.29, 1.82) is 0 Å². The summed E-state index contributed by atoms with van der Waals surface area (Å²) in [6.45, 7) is 7.56. The molecule has 0 spiro atoms. The third kappa shape index (κ3) is 5.27. The van der Waals surface area contributed by atoms with Gasteiger partial charge in [0.05, 0.1) is 15.9 Å². The monoisotopic (exact) mass is 329 g/mol. The van der Waals surface area contributed by atoms with Gasteiger partial charge in [-0.1, -0.05) is 39.5 Å². The van der Waals surface area contributed by atoms with E-state index in [1.54, 1.807) is 0 Å². The van der Waals surface area contributed by atoms with Crippen LogP contribution in [0.5, 0.6) is 0 Å². The first-order valence-electron chi connectivity index (χ1n) is 7.53. The summed E-state index contributed by atoms with van der Waals surface area (Å²) in [7, 11) is 2.02. The zero-order valence-electron chi connectivity index (χ0n) is 12.8. The minimum absolute atomic E-state index is 0.573. The highest BCUT2D eigenvalue weighted by Crippen LogP contribution is 2.21. The molecule has 0 fully saturated rings. The SMILES string of the molecule is CCCCCCC(C)NCc1c(Br)c(CC)nn1C. The minimum atomic E-state index is 0.573. The largest absolute Gasteiger partial charge is 0.309 e. The highest BCUT2D eigenvalue weighted by molar-refractivity contribution is 9.10. The van der Waals surface area contributed by atoms with E-state index >= 15 is 0 Å².